The third-order valence-corrected chi connectivity index (χ3v) is 10.1. The lowest BCUT2D eigenvalue weighted by Gasteiger charge is -2.27. The van der Waals surface area contributed by atoms with E-state index in [-0.39, 0.29) is 41.8 Å². The molecule has 2 saturated carbocycles. The number of halogens is 2. The monoisotopic (exact) mass is 839 g/mol. The van der Waals surface area contributed by atoms with E-state index in [1.807, 2.05) is 30.3 Å². The summed E-state index contributed by atoms with van der Waals surface area (Å²) in [4.78, 5) is 70.1. The van der Waals surface area contributed by atoms with E-state index in [2.05, 4.69) is 36.4 Å². The van der Waals surface area contributed by atoms with E-state index in [1.165, 1.54) is 10.7 Å². The molecule has 0 atom stereocenters. The number of amides is 5. The molecule has 19 heteroatoms. The fraction of sp³-hybridized carbons (Fsp3) is 0.325. The van der Waals surface area contributed by atoms with Gasteiger partial charge in [-0.1, -0.05) is 41.4 Å². The topological polar surface area (TPSA) is 206 Å². The first kappa shape index (κ1) is 39.5. The molecule has 0 bridgehead atoms. The van der Waals surface area contributed by atoms with Crippen LogP contribution in [0.3, 0.4) is 0 Å². The number of imide groups is 2. The minimum absolute atomic E-state index is 0.00393. The number of hydrogen-bond acceptors (Lipinski definition) is 12. The zero-order valence-electron chi connectivity index (χ0n) is 32.2. The van der Waals surface area contributed by atoms with Crippen molar-refractivity contribution in [1.82, 2.24) is 39.8 Å². The second kappa shape index (κ2) is 15.8. The highest BCUT2D eigenvalue weighted by Crippen LogP contribution is 2.35. The molecule has 5 aromatic rings. The van der Waals surface area contributed by atoms with Crippen LogP contribution in [0.4, 0.5) is 22.2 Å². The van der Waals surface area contributed by atoms with Crippen LogP contribution >= 0.6 is 23.2 Å². The van der Waals surface area contributed by atoms with Gasteiger partial charge < -0.3 is 15.4 Å². The summed E-state index contributed by atoms with van der Waals surface area (Å²) in [5.41, 5.74) is 3.21. The van der Waals surface area contributed by atoms with Crippen molar-refractivity contribution in [2.45, 2.75) is 83.5 Å². The number of hydrogen-bond donors (Lipinski definition) is 4. The molecule has 4 aromatic heterocycles. The van der Waals surface area contributed by atoms with Crippen LogP contribution in [0.5, 0.6) is 0 Å². The SMILES string of the molecule is CC(C)(C)OC(=O)N(c1cc(Cl)nc2c(/C=C3\CC(=O)NC3=O)cnn12)C1CC1.O=C1C/C(=C\c2cnn3c(NC4CC4)cc(NCc4ccccc4Cl)nc23)C(=O)N1. The predicted octanol–water partition coefficient (Wildman–Crippen LogP) is 5.72. The highest BCUT2D eigenvalue weighted by atomic mass is 35.5. The number of carbonyl (C=O) groups is 5. The van der Waals surface area contributed by atoms with Crippen molar-refractivity contribution in [3.63, 3.8) is 0 Å². The number of benzene rings is 1. The second-order valence-corrected chi connectivity index (χ2v) is 16.3. The summed E-state index contributed by atoms with van der Waals surface area (Å²) >= 11 is 12.5. The lowest BCUT2D eigenvalue weighted by atomic mass is 10.1. The van der Waals surface area contributed by atoms with Crippen LogP contribution in [0, 0.1) is 0 Å². The Hall–Kier alpha value is -6.33. The summed E-state index contributed by atoms with van der Waals surface area (Å²) in [6, 6.07) is 11.5. The van der Waals surface area contributed by atoms with Crippen molar-refractivity contribution < 1.29 is 28.7 Å². The molecule has 304 valence electrons. The summed E-state index contributed by atoms with van der Waals surface area (Å²) in [5, 5.41) is 21.0. The number of nitrogens with one attached hydrogen (secondary N) is 4. The first-order valence-corrected chi connectivity index (χ1v) is 19.7. The first-order chi connectivity index (χ1) is 28.2. The largest absolute Gasteiger partial charge is 0.443 e. The molecule has 17 nitrogen and oxygen atoms in total. The van der Waals surface area contributed by atoms with Gasteiger partial charge in [-0.15, -0.1) is 0 Å². The fourth-order valence-electron chi connectivity index (χ4n) is 6.44. The van der Waals surface area contributed by atoms with Crippen molar-refractivity contribution >= 4 is 93.8 Å². The number of ether oxygens (including phenoxy) is 1. The number of carbonyl (C=O) groups excluding carboxylic acids is 5. The zero-order valence-corrected chi connectivity index (χ0v) is 33.7. The van der Waals surface area contributed by atoms with E-state index < -0.39 is 17.6 Å². The van der Waals surface area contributed by atoms with Gasteiger partial charge in [-0.25, -0.2) is 14.8 Å². The zero-order chi connectivity index (χ0) is 41.6. The smallest absolute Gasteiger partial charge is 0.416 e. The molecule has 4 N–H and O–H groups in total. The van der Waals surface area contributed by atoms with E-state index >= 15 is 0 Å². The molecule has 2 aliphatic carbocycles. The van der Waals surface area contributed by atoms with Crippen molar-refractivity contribution in [3.8, 4) is 0 Å². The Morgan fingerprint density at radius 1 is 0.881 bits per heavy atom. The van der Waals surface area contributed by atoms with Crippen LogP contribution in [0.25, 0.3) is 23.4 Å². The molecule has 59 heavy (non-hydrogen) atoms. The maximum atomic E-state index is 12.9. The van der Waals surface area contributed by atoms with Crippen LogP contribution in [-0.2, 0) is 30.5 Å². The lowest BCUT2D eigenvalue weighted by molar-refractivity contribution is -0.125. The average Bonchev–Trinajstić information content (AvgIpc) is 4.04. The van der Waals surface area contributed by atoms with E-state index in [1.54, 1.807) is 54.6 Å². The van der Waals surface area contributed by atoms with Gasteiger partial charge in [-0.3, -0.25) is 34.7 Å². The average molecular weight is 841 g/mol. The van der Waals surface area contributed by atoms with Gasteiger partial charge in [-0.05, 0) is 70.2 Å². The van der Waals surface area contributed by atoms with Crippen LogP contribution in [0.15, 0.2) is 59.9 Å². The Morgan fingerprint density at radius 2 is 1.49 bits per heavy atom. The maximum Gasteiger partial charge on any atom is 0.416 e. The van der Waals surface area contributed by atoms with Crippen LogP contribution < -0.4 is 26.2 Å². The summed E-state index contributed by atoms with van der Waals surface area (Å²) in [6.07, 6.45) is 9.91. The molecule has 4 aliphatic rings. The van der Waals surface area contributed by atoms with Gasteiger partial charge >= 0.3 is 6.09 Å². The third kappa shape index (κ3) is 9.05. The van der Waals surface area contributed by atoms with Crippen LogP contribution in [0.2, 0.25) is 10.2 Å². The standard InChI is InChI=1S/C21H19ClN6O2.C19H20ClN5O4/c22-16-4-2-1-3-12(16)10-23-17-9-18(25-15-5-6-15)28-20(26-17)14(11-24-28)7-13-8-19(29)27-21(13)30;1-19(2,3)29-18(28)24(12-4-5-12)15-8-13(20)22-16-11(9-21-25(15)16)6-10-7-14(26)23-17(10)27/h1-4,7,9,11,15,25H,5-6,8,10H2,(H,23,26)(H,27,29,30);6,8-9,12H,4-5,7H2,1-3H3,(H,23,26,27)/b13-7+;10-6+. The summed E-state index contributed by atoms with van der Waals surface area (Å²) in [7, 11) is 0. The van der Waals surface area contributed by atoms with Crippen molar-refractivity contribution in [1.29, 1.82) is 0 Å². The molecule has 2 saturated heterocycles. The van der Waals surface area contributed by atoms with E-state index in [0.717, 1.165) is 37.1 Å². The molecular formula is C40H39Cl2N11O6. The van der Waals surface area contributed by atoms with E-state index in [9.17, 15) is 24.0 Å². The Bertz CT molecular complexity index is 2620. The predicted molar refractivity (Wildman–Crippen MR) is 220 cm³/mol. The molecule has 0 spiro atoms. The lowest BCUT2D eigenvalue weighted by Crippen LogP contribution is -2.39. The van der Waals surface area contributed by atoms with Gasteiger partial charge in [0, 0.05) is 58.1 Å². The van der Waals surface area contributed by atoms with Gasteiger partial charge in [0.15, 0.2) is 11.3 Å². The number of rotatable bonds is 9. The number of fused-ring (bicyclic) bond motifs is 2. The van der Waals surface area contributed by atoms with Crippen molar-refractivity contribution in [2.24, 2.45) is 0 Å². The molecule has 1 aromatic carbocycles. The minimum atomic E-state index is -0.651. The molecule has 9 rings (SSSR count). The second-order valence-electron chi connectivity index (χ2n) is 15.5. The fourth-order valence-corrected chi connectivity index (χ4v) is 6.82. The number of anilines is 3. The Labute approximate surface area is 347 Å². The van der Waals surface area contributed by atoms with Gasteiger partial charge in [0.05, 0.1) is 25.2 Å². The Balaban J connectivity index is 0.000000164. The number of aromatic nitrogens is 6. The Morgan fingerprint density at radius 3 is 2.05 bits per heavy atom. The van der Waals surface area contributed by atoms with Gasteiger partial charge in [0.25, 0.3) is 11.8 Å². The third-order valence-electron chi connectivity index (χ3n) is 9.49. The van der Waals surface area contributed by atoms with E-state index in [4.69, 9.17) is 32.9 Å². The number of nitrogens with zero attached hydrogens (tertiary/aromatic N) is 7. The molecule has 6 heterocycles. The summed E-state index contributed by atoms with van der Waals surface area (Å²) in [5.74, 6) is 0.462. The van der Waals surface area contributed by atoms with Gasteiger partial charge in [0.2, 0.25) is 11.8 Å². The molecule has 5 amide bonds. The van der Waals surface area contributed by atoms with Crippen LogP contribution in [-0.4, -0.2) is 76.6 Å². The van der Waals surface area contributed by atoms with Gasteiger partial charge in [-0.2, -0.15) is 19.2 Å². The normalized spacial score (nSPS) is 18.0. The van der Waals surface area contributed by atoms with Gasteiger partial charge in [0.1, 0.15) is 28.2 Å². The highest BCUT2D eigenvalue weighted by molar-refractivity contribution is 6.31. The summed E-state index contributed by atoms with van der Waals surface area (Å²) < 4.78 is 8.78. The van der Waals surface area contributed by atoms with Crippen molar-refractivity contribution in [3.05, 3.63) is 86.8 Å². The van der Waals surface area contributed by atoms with E-state index in [0.29, 0.717) is 62.8 Å². The molecular weight excluding hydrogens is 801 g/mol. The van der Waals surface area contributed by atoms with Crippen LogP contribution in [0.1, 0.15) is 76.0 Å². The van der Waals surface area contributed by atoms with Crippen molar-refractivity contribution in [2.75, 3.05) is 15.5 Å². The quantitative estimate of drug-likeness (QED) is 0.0800. The highest BCUT2D eigenvalue weighted by Gasteiger charge is 2.38. The molecule has 0 unspecified atom stereocenters. The molecule has 0 radical (unpaired) electrons. The molecule has 2 aliphatic heterocycles. The maximum absolute atomic E-state index is 12.9. The summed E-state index contributed by atoms with van der Waals surface area (Å²) in [6.45, 7) is 5.93. The molecule has 4 fully saturated rings. The Kier molecular flexibility index (Phi) is 10.6. The first-order valence-electron chi connectivity index (χ1n) is 19.0. The minimum Gasteiger partial charge on any atom is -0.443 e.